The van der Waals surface area contributed by atoms with Gasteiger partial charge in [-0.25, -0.2) is 0 Å². The van der Waals surface area contributed by atoms with Crippen LogP contribution < -0.4 is 0 Å². The Hall–Kier alpha value is -1.90. The number of carbonyl (C=O) groups is 1. The molecule has 5 nitrogen and oxygen atoms in total. The number of carboxylic acid groups (broad SMARTS) is 1. The maximum atomic E-state index is 11.3. The smallest absolute Gasteiger partial charge is 0.309 e. The van der Waals surface area contributed by atoms with Crippen LogP contribution in [-0.4, -0.2) is 40.7 Å². The van der Waals surface area contributed by atoms with Gasteiger partial charge in [0.05, 0.1) is 17.6 Å². The van der Waals surface area contributed by atoms with E-state index in [1.807, 2.05) is 25.7 Å². The minimum Gasteiger partial charge on any atom is -0.481 e. The summed E-state index contributed by atoms with van der Waals surface area (Å²) in [4.78, 5) is 12.9. The molecule has 1 saturated heterocycles. The average molecular weight is 302 g/mol. The number of benzene rings is 1. The number of hydrogen-bond donors (Lipinski definition) is 2. The number of hydrogen-bond acceptors (Lipinski definition) is 4. The quantitative estimate of drug-likeness (QED) is 0.886. The van der Waals surface area contributed by atoms with Crippen LogP contribution in [0.1, 0.15) is 31.9 Å². The highest BCUT2D eigenvalue weighted by molar-refractivity contribution is 5.71. The first kappa shape index (κ1) is 16.5. The summed E-state index contributed by atoms with van der Waals surface area (Å²) < 4.78 is 0. The van der Waals surface area contributed by atoms with Crippen LogP contribution in [-0.2, 0) is 10.4 Å². The monoisotopic (exact) mass is 302 g/mol. The van der Waals surface area contributed by atoms with E-state index < -0.39 is 17.0 Å². The first-order chi connectivity index (χ1) is 10.2. The number of rotatable bonds is 4. The second-order valence-electron chi connectivity index (χ2n) is 7.03. The van der Waals surface area contributed by atoms with Crippen LogP contribution >= 0.6 is 0 Å². The van der Waals surface area contributed by atoms with Crippen LogP contribution in [0.25, 0.3) is 0 Å². The maximum absolute atomic E-state index is 11.3. The van der Waals surface area contributed by atoms with E-state index in [4.69, 9.17) is 10.4 Å². The second-order valence-corrected chi connectivity index (χ2v) is 7.03. The number of aliphatic hydroxyl groups is 1. The first-order valence-corrected chi connectivity index (χ1v) is 7.35. The van der Waals surface area contributed by atoms with E-state index in [9.17, 15) is 9.90 Å². The third kappa shape index (κ3) is 2.99. The number of carboxylic acids is 1. The highest BCUT2D eigenvalue weighted by atomic mass is 16.4. The van der Waals surface area contributed by atoms with Gasteiger partial charge in [0, 0.05) is 19.6 Å². The molecule has 1 aliphatic heterocycles. The lowest BCUT2D eigenvalue weighted by molar-refractivity contribution is -0.152. The van der Waals surface area contributed by atoms with Crippen molar-refractivity contribution in [2.24, 2.45) is 11.3 Å². The third-order valence-corrected chi connectivity index (χ3v) is 4.49. The molecule has 1 unspecified atom stereocenters. The van der Waals surface area contributed by atoms with E-state index in [2.05, 4.69) is 6.07 Å². The predicted octanol–water partition coefficient (Wildman–Crippen LogP) is 1.81. The molecule has 1 fully saturated rings. The van der Waals surface area contributed by atoms with E-state index in [-0.39, 0.29) is 5.92 Å². The van der Waals surface area contributed by atoms with Crippen LogP contribution in [0.2, 0.25) is 0 Å². The van der Waals surface area contributed by atoms with E-state index >= 15 is 0 Å². The fourth-order valence-electron chi connectivity index (χ4n) is 2.76. The maximum Gasteiger partial charge on any atom is 0.309 e. The Morgan fingerprint density at radius 1 is 1.32 bits per heavy atom. The molecule has 5 heteroatoms. The van der Waals surface area contributed by atoms with Gasteiger partial charge in [-0.15, -0.1) is 0 Å². The lowest BCUT2D eigenvalue weighted by atomic mass is 9.71. The van der Waals surface area contributed by atoms with Gasteiger partial charge in [0.15, 0.2) is 0 Å². The van der Waals surface area contributed by atoms with Crippen molar-refractivity contribution in [3.05, 3.63) is 35.4 Å². The number of likely N-dealkylation sites (tertiary alicyclic amines) is 1. The minimum absolute atomic E-state index is 0.342. The van der Waals surface area contributed by atoms with E-state index in [1.54, 1.807) is 24.3 Å². The summed E-state index contributed by atoms with van der Waals surface area (Å²) in [7, 11) is 0. The predicted molar refractivity (Wildman–Crippen MR) is 82.1 cm³/mol. The van der Waals surface area contributed by atoms with Gasteiger partial charge in [0.25, 0.3) is 0 Å². The van der Waals surface area contributed by atoms with Gasteiger partial charge in [-0.1, -0.05) is 32.9 Å². The molecule has 0 bridgehead atoms. The van der Waals surface area contributed by atoms with Crippen molar-refractivity contribution >= 4 is 5.97 Å². The summed E-state index contributed by atoms with van der Waals surface area (Å²) in [6, 6.07) is 9.01. The van der Waals surface area contributed by atoms with Crippen LogP contribution in [0.5, 0.6) is 0 Å². The number of nitrogens with zero attached hydrogens (tertiary/aromatic N) is 2. The van der Waals surface area contributed by atoms with Crippen LogP contribution in [0.15, 0.2) is 24.3 Å². The fourth-order valence-corrected chi connectivity index (χ4v) is 2.76. The highest BCUT2D eigenvalue weighted by Gasteiger charge is 2.46. The molecular formula is C17H22N2O3. The average Bonchev–Trinajstić information content (AvgIpc) is 2.40. The van der Waals surface area contributed by atoms with Crippen molar-refractivity contribution in [3.8, 4) is 6.07 Å². The molecular weight excluding hydrogens is 280 g/mol. The zero-order chi connectivity index (χ0) is 16.5. The summed E-state index contributed by atoms with van der Waals surface area (Å²) in [5, 5.41) is 29.1. The van der Waals surface area contributed by atoms with Crippen molar-refractivity contribution in [1.82, 2.24) is 4.90 Å². The van der Waals surface area contributed by atoms with Crippen molar-refractivity contribution in [1.29, 1.82) is 5.26 Å². The van der Waals surface area contributed by atoms with E-state index in [0.29, 0.717) is 25.2 Å². The molecule has 2 N–H and O–H groups in total. The number of nitriles is 1. The molecule has 0 aliphatic carbocycles. The first-order valence-electron chi connectivity index (χ1n) is 7.35. The van der Waals surface area contributed by atoms with Gasteiger partial charge in [-0.2, -0.15) is 5.26 Å². The molecule has 2 rings (SSSR count). The third-order valence-electron chi connectivity index (χ3n) is 4.49. The summed E-state index contributed by atoms with van der Waals surface area (Å²) >= 11 is 0. The van der Waals surface area contributed by atoms with Gasteiger partial charge in [-0.3, -0.25) is 9.69 Å². The highest BCUT2D eigenvalue weighted by Crippen LogP contribution is 2.41. The molecule has 1 heterocycles. The van der Waals surface area contributed by atoms with Gasteiger partial charge >= 0.3 is 5.97 Å². The zero-order valence-electron chi connectivity index (χ0n) is 13.2. The lowest BCUT2D eigenvalue weighted by Crippen LogP contribution is -2.58. The van der Waals surface area contributed by atoms with Crippen molar-refractivity contribution < 1.29 is 15.0 Å². The molecule has 0 amide bonds. The van der Waals surface area contributed by atoms with Crippen molar-refractivity contribution in [2.45, 2.75) is 26.4 Å². The number of β-amino-alcohol motifs (C(OH)–C–C–N with tert-alkyl or cyclic N) is 1. The van der Waals surface area contributed by atoms with Crippen LogP contribution in [0.3, 0.4) is 0 Å². The molecule has 1 aromatic rings. The van der Waals surface area contributed by atoms with Gasteiger partial charge < -0.3 is 10.2 Å². The Morgan fingerprint density at radius 2 is 1.86 bits per heavy atom. The molecule has 0 spiro atoms. The summed E-state index contributed by atoms with van der Waals surface area (Å²) in [6.45, 7) is 7.18. The Bertz CT molecular complexity index is 592. The largest absolute Gasteiger partial charge is 0.481 e. The molecule has 0 aromatic heterocycles. The van der Waals surface area contributed by atoms with Gasteiger partial charge in [0.2, 0.25) is 0 Å². The van der Waals surface area contributed by atoms with E-state index in [0.717, 1.165) is 5.56 Å². The Balaban J connectivity index is 2.22. The molecule has 1 aliphatic rings. The number of aliphatic carboxylic acids is 1. The topological polar surface area (TPSA) is 84.6 Å². The Morgan fingerprint density at radius 3 is 2.27 bits per heavy atom. The standard InChI is InChI=1S/C17H22N2O3/c1-16(2,3)17(22,11-19-9-13(10-19)15(20)21)14-6-4-12(8-18)5-7-14/h4-7,13,22H,9-11H2,1-3H3,(H,20,21). The fraction of sp³-hybridized carbons (Fsp3) is 0.529. The van der Waals surface area contributed by atoms with Gasteiger partial charge in [0.1, 0.15) is 5.60 Å². The molecule has 1 aromatic carbocycles. The molecule has 0 saturated carbocycles. The van der Waals surface area contributed by atoms with E-state index in [1.165, 1.54) is 0 Å². The molecule has 1 atom stereocenters. The Labute approximate surface area is 130 Å². The second kappa shape index (κ2) is 5.71. The SMILES string of the molecule is CC(C)(C)C(O)(CN1CC(C(=O)O)C1)c1ccc(C#N)cc1. The Kier molecular flexibility index (Phi) is 4.28. The zero-order valence-corrected chi connectivity index (χ0v) is 13.2. The van der Waals surface area contributed by atoms with Crippen molar-refractivity contribution in [3.63, 3.8) is 0 Å². The molecule has 118 valence electrons. The molecule has 22 heavy (non-hydrogen) atoms. The van der Waals surface area contributed by atoms with Crippen molar-refractivity contribution in [2.75, 3.05) is 19.6 Å². The summed E-state index contributed by atoms with van der Waals surface area (Å²) in [6.07, 6.45) is 0. The molecule has 0 radical (unpaired) electrons. The summed E-state index contributed by atoms with van der Waals surface area (Å²) in [5.41, 5.74) is -0.229. The minimum atomic E-state index is -1.11. The normalized spacial score (nSPS) is 19.0. The van der Waals surface area contributed by atoms with Gasteiger partial charge in [-0.05, 0) is 23.1 Å². The lowest BCUT2D eigenvalue weighted by Gasteiger charge is -2.47. The van der Waals surface area contributed by atoms with Crippen LogP contribution in [0.4, 0.5) is 0 Å². The summed E-state index contributed by atoms with van der Waals surface area (Å²) in [5.74, 6) is -1.13. The van der Waals surface area contributed by atoms with Crippen LogP contribution in [0, 0.1) is 22.7 Å².